The van der Waals surface area contributed by atoms with Crippen LogP contribution in [-0.2, 0) is 14.3 Å². The molecule has 1 unspecified atom stereocenters. The van der Waals surface area contributed by atoms with Crippen LogP contribution in [0, 0.1) is 12.3 Å². The Balaban J connectivity index is 2.41. The van der Waals surface area contributed by atoms with Gasteiger partial charge in [0, 0.05) is 18.2 Å². The maximum atomic E-state index is 11.9. The zero-order chi connectivity index (χ0) is 15.8. The number of ether oxygens (including phenoxy) is 2. The summed E-state index contributed by atoms with van der Waals surface area (Å²) in [6.07, 6.45) is 0.00271. The number of esters is 1. The Morgan fingerprint density at radius 1 is 1.62 bits per heavy atom. The number of hydrogen-bond acceptors (Lipinski definition) is 6. The number of aromatic amines is 1. The smallest absolute Gasteiger partial charge is 0.330 e. The molecule has 0 aromatic carbocycles. The van der Waals surface area contributed by atoms with Crippen molar-refractivity contribution in [2.24, 2.45) is 5.41 Å². The molecule has 0 bridgehead atoms. The highest BCUT2D eigenvalue weighted by Gasteiger charge is 2.52. The van der Waals surface area contributed by atoms with Gasteiger partial charge in [0.05, 0.1) is 25.2 Å². The molecular formula is C13H18N2O6. The summed E-state index contributed by atoms with van der Waals surface area (Å²) in [6, 6.07) is 0. The van der Waals surface area contributed by atoms with E-state index in [9.17, 15) is 19.5 Å². The van der Waals surface area contributed by atoms with Gasteiger partial charge in [-0.3, -0.25) is 19.1 Å². The summed E-state index contributed by atoms with van der Waals surface area (Å²) >= 11 is 0. The minimum absolute atomic E-state index is 0.163. The summed E-state index contributed by atoms with van der Waals surface area (Å²) in [4.78, 5) is 37.4. The summed E-state index contributed by atoms with van der Waals surface area (Å²) in [5, 5.41) is 9.40. The largest absolute Gasteiger partial charge is 0.469 e. The van der Waals surface area contributed by atoms with E-state index in [2.05, 4.69) is 4.98 Å². The van der Waals surface area contributed by atoms with E-state index in [0.29, 0.717) is 5.56 Å². The molecule has 8 nitrogen and oxygen atoms in total. The van der Waals surface area contributed by atoms with Crippen LogP contribution in [0.5, 0.6) is 0 Å². The SMILES string of the molecule is COC(=O)[C@]1(C)CC(n2cc(C)c(=O)[nH]c2=O)O[C@@H]1CO. The van der Waals surface area contributed by atoms with E-state index >= 15 is 0 Å². The van der Waals surface area contributed by atoms with Crippen molar-refractivity contribution in [3.63, 3.8) is 0 Å². The summed E-state index contributed by atoms with van der Waals surface area (Å²) < 4.78 is 11.6. The number of carbonyl (C=O) groups excluding carboxylic acids is 1. The predicted octanol–water partition coefficient (Wildman–Crippen LogP) is -0.696. The van der Waals surface area contributed by atoms with Crippen LogP contribution in [0.2, 0.25) is 0 Å². The Hall–Kier alpha value is -1.93. The number of aromatic nitrogens is 2. The lowest BCUT2D eigenvalue weighted by atomic mass is 9.83. The van der Waals surface area contributed by atoms with Gasteiger partial charge >= 0.3 is 11.7 Å². The zero-order valence-electron chi connectivity index (χ0n) is 12.1. The summed E-state index contributed by atoms with van der Waals surface area (Å²) in [6.45, 7) is 2.80. The van der Waals surface area contributed by atoms with Gasteiger partial charge in [-0.25, -0.2) is 4.79 Å². The Morgan fingerprint density at radius 3 is 2.86 bits per heavy atom. The topological polar surface area (TPSA) is 111 Å². The lowest BCUT2D eigenvalue weighted by molar-refractivity contribution is -0.156. The predicted molar refractivity (Wildman–Crippen MR) is 71.8 cm³/mol. The minimum Gasteiger partial charge on any atom is -0.469 e. The average molecular weight is 298 g/mol. The number of H-pyrrole nitrogens is 1. The first-order chi connectivity index (χ1) is 9.83. The number of aliphatic hydroxyl groups excluding tert-OH is 1. The van der Waals surface area contributed by atoms with Crippen molar-refractivity contribution in [3.8, 4) is 0 Å². The molecule has 116 valence electrons. The molecule has 0 aliphatic carbocycles. The Kier molecular flexibility index (Phi) is 4.02. The molecule has 1 saturated heterocycles. The van der Waals surface area contributed by atoms with E-state index in [1.807, 2.05) is 0 Å². The number of aryl methyl sites for hydroxylation is 1. The molecule has 0 amide bonds. The molecule has 2 N–H and O–H groups in total. The Labute approximate surface area is 120 Å². The van der Waals surface area contributed by atoms with Gasteiger partial charge in [0.25, 0.3) is 5.56 Å². The van der Waals surface area contributed by atoms with E-state index in [-0.39, 0.29) is 13.0 Å². The van der Waals surface area contributed by atoms with Crippen LogP contribution in [0.3, 0.4) is 0 Å². The van der Waals surface area contributed by atoms with Gasteiger partial charge in [0.15, 0.2) is 0 Å². The number of rotatable bonds is 3. The fourth-order valence-electron chi connectivity index (χ4n) is 2.54. The van der Waals surface area contributed by atoms with Crippen LogP contribution in [-0.4, -0.2) is 40.4 Å². The van der Waals surface area contributed by atoms with Gasteiger partial charge in [-0.2, -0.15) is 0 Å². The van der Waals surface area contributed by atoms with Crippen molar-refractivity contribution < 1.29 is 19.4 Å². The van der Waals surface area contributed by atoms with Crippen molar-refractivity contribution in [3.05, 3.63) is 32.6 Å². The van der Waals surface area contributed by atoms with Gasteiger partial charge in [-0.05, 0) is 13.8 Å². The summed E-state index contributed by atoms with van der Waals surface area (Å²) in [5.41, 5.74) is -1.80. The van der Waals surface area contributed by atoms with Crippen LogP contribution >= 0.6 is 0 Å². The Bertz CT molecular complexity index is 663. The van der Waals surface area contributed by atoms with E-state index in [1.165, 1.54) is 17.9 Å². The molecule has 0 radical (unpaired) electrons. The first kappa shape index (κ1) is 15.5. The van der Waals surface area contributed by atoms with Gasteiger partial charge in [-0.1, -0.05) is 0 Å². The quantitative estimate of drug-likeness (QED) is 0.714. The molecule has 1 aromatic heterocycles. The lowest BCUT2D eigenvalue weighted by Gasteiger charge is -2.24. The van der Waals surface area contributed by atoms with Crippen molar-refractivity contribution in [1.29, 1.82) is 0 Å². The van der Waals surface area contributed by atoms with E-state index in [0.717, 1.165) is 0 Å². The van der Waals surface area contributed by atoms with Crippen LogP contribution < -0.4 is 11.2 Å². The monoisotopic (exact) mass is 298 g/mol. The number of carbonyl (C=O) groups is 1. The third-order valence-electron chi connectivity index (χ3n) is 3.90. The fourth-order valence-corrected chi connectivity index (χ4v) is 2.54. The molecule has 2 heterocycles. The third-order valence-corrected chi connectivity index (χ3v) is 3.90. The van der Waals surface area contributed by atoms with Crippen LogP contribution in [0.4, 0.5) is 0 Å². The zero-order valence-corrected chi connectivity index (χ0v) is 12.1. The van der Waals surface area contributed by atoms with Crippen molar-refractivity contribution >= 4 is 5.97 Å². The van der Waals surface area contributed by atoms with Crippen molar-refractivity contribution in [2.45, 2.75) is 32.6 Å². The lowest BCUT2D eigenvalue weighted by Crippen LogP contribution is -2.39. The van der Waals surface area contributed by atoms with Crippen LogP contribution in [0.1, 0.15) is 25.1 Å². The second kappa shape index (κ2) is 5.45. The van der Waals surface area contributed by atoms with E-state index in [1.54, 1.807) is 13.8 Å². The molecule has 1 aliphatic heterocycles. The highest BCUT2D eigenvalue weighted by Crippen LogP contribution is 2.43. The summed E-state index contributed by atoms with van der Waals surface area (Å²) in [5.74, 6) is -0.516. The van der Waals surface area contributed by atoms with Gasteiger partial charge < -0.3 is 14.6 Å². The van der Waals surface area contributed by atoms with Crippen LogP contribution in [0.25, 0.3) is 0 Å². The maximum Gasteiger partial charge on any atom is 0.330 e. The van der Waals surface area contributed by atoms with E-state index < -0.39 is 35.0 Å². The second-order valence-corrected chi connectivity index (χ2v) is 5.35. The minimum atomic E-state index is -1.06. The molecule has 1 fully saturated rings. The molecular weight excluding hydrogens is 280 g/mol. The first-order valence-electron chi connectivity index (χ1n) is 6.50. The molecule has 0 spiro atoms. The van der Waals surface area contributed by atoms with Crippen molar-refractivity contribution in [2.75, 3.05) is 13.7 Å². The number of nitrogens with zero attached hydrogens (tertiary/aromatic N) is 1. The number of hydrogen-bond donors (Lipinski definition) is 2. The second-order valence-electron chi connectivity index (χ2n) is 5.35. The summed E-state index contributed by atoms with van der Waals surface area (Å²) in [7, 11) is 1.26. The Morgan fingerprint density at radius 2 is 2.29 bits per heavy atom. The number of aliphatic hydroxyl groups is 1. The maximum absolute atomic E-state index is 11.9. The van der Waals surface area contributed by atoms with E-state index in [4.69, 9.17) is 9.47 Å². The highest BCUT2D eigenvalue weighted by molar-refractivity contribution is 5.77. The van der Waals surface area contributed by atoms with Crippen molar-refractivity contribution in [1.82, 2.24) is 9.55 Å². The molecule has 1 aliphatic rings. The van der Waals surface area contributed by atoms with Gasteiger partial charge in [-0.15, -0.1) is 0 Å². The molecule has 1 aromatic rings. The van der Waals surface area contributed by atoms with Crippen LogP contribution in [0.15, 0.2) is 15.8 Å². The van der Waals surface area contributed by atoms with Gasteiger partial charge in [0.1, 0.15) is 6.23 Å². The molecule has 8 heteroatoms. The number of nitrogens with one attached hydrogen (secondary N) is 1. The normalized spacial score (nSPS) is 28.6. The fraction of sp³-hybridized carbons (Fsp3) is 0.615. The first-order valence-corrected chi connectivity index (χ1v) is 6.50. The standard InChI is InChI=1S/C13H18N2O6/c1-7-5-15(12(19)14-10(7)17)9-4-13(2,11(18)20-3)8(6-16)21-9/h5,8-9,16H,4,6H2,1-3H3,(H,14,17,19)/t8-,9?,13-/m1/s1. The highest BCUT2D eigenvalue weighted by atomic mass is 16.5. The molecule has 21 heavy (non-hydrogen) atoms. The molecule has 0 saturated carbocycles. The molecule has 2 rings (SSSR count). The number of methoxy groups -OCH3 is 1. The van der Waals surface area contributed by atoms with Gasteiger partial charge in [0.2, 0.25) is 0 Å². The third kappa shape index (κ3) is 2.52. The average Bonchev–Trinajstić information content (AvgIpc) is 2.80. The molecule has 3 atom stereocenters.